The maximum Gasteiger partial charge on any atom is 0.175 e. The van der Waals surface area contributed by atoms with Crippen LogP contribution >= 0.6 is 22.6 Å². The first-order valence-corrected chi connectivity index (χ1v) is 4.54. The molecule has 1 aromatic carbocycles. The Labute approximate surface area is 78.9 Å². The summed E-state index contributed by atoms with van der Waals surface area (Å²) in [5, 5.41) is 0. The second-order valence-electron chi connectivity index (χ2n) is 2.00. The molecule has 0 amide bonds. The van der Waals surface area contributed by atoms with Gasteiger partial charge in [0.05, 0.1) is 15.7 Å². The summed E-state index contributed by atoms with van der Waals surface area (Å²) in [6, 6.07) is 8.48. The van der Waals surface area contributed by atoms with Gasteiger partial charge in [0.25, 0.3) is 0 Å². The maximum atomic E-state index is 11.1. The van der Waals surface area contributed by atoms with Crippen LogP contribution in [0.3, 0.4) is 0 Å². The van der Waals surface area contributed by atoms with Gasteiger partial charge in [0.2, 0.25) is 0 Å². The number of carbonyl (C=O) groups excluding carboxylic acids is 1. The molecule has 0 atom stereocenters. The minimum absolute atomic E-state index is 0.0355. The van der Waals surface area contributed by atoms with Crippen LogP contribution in [0.15, 0.2) is 12.1 Å². The highest BCUT2D eigenvalue weighted by Gasteiger charge is 2.05. The number of nitrogen functional groups attached to an aromatic ring is 1. The van der Waals surface area contributed by atoms with Gasteiger partial charge in [-0.15, -0.1) is 0 Å². The molecule has 0 aliphatic carbocycles. The molecule has 0 radical (unpaired) electrons. The highest BCUT2D eigenvalue weighted by atomic mass is 127. The molecule has 11 heavy (non-hydrogen) atoms. The topological polar surface area (TPSA) is 43.1 Å². The zero-order valence-corrected chi connectivity index (χ0v) is 7.88. The van der Waals surface area contributed by atoms with Crippen LogP contribution in [-0.2, 0) is 0 Å². The minimum atomic E-state index is 0.0355. The summed E-state index contributed by atoms with van der Waals surface area (Å²) in [5.41, 5.74) is 6.54. The number of hydrogen-bond donors (Lipinski definition) is 1. The van der Waals surface area contributed by atoms with Crippen LogP contribution in [0.25, 0.3) is 0 Å². The molecule has 56 valence electrons. The Morgan fingerprint density at radius 3 is 2.73 bits per heavy atom. The lowest BCUT2D eigenvalue weighted by Crippen LogP contribution is -2.03. The fraction of sp³-hybridized carbons (Fsp3) is 0.125. The van der Waals surface area contributed by atoms with Crippen molar-refractivity contribution in [2.24, 2.45) is 0 Å². The van der Waals surface area contributed by atoms with E-state index in [2.05, 4.69) is 12.1 Å². The van der Waals surface area contributed by atoms with E-state index in [0.29, 0.717) is 15.7 Å². The number of nitrogens with two attached hydrogens (primary N) is 1. The van der Waals surface area contributed by atoms with Gasteiger partial charge >= 0.3 is 0 Å². The highest BCUT2D eigenvalue weighted by molar-refractivity contribution is 14.1. The summed E-state index contributed by atoms with van der Waals surface area (Å²) < 4.78 is 0.444. The van der Waals surface area contributed by atoms with Crippen molar-refractivity contribution >= 4 is 34.1 Å². The molecule has 0 aliphatic rings. The number of hydrogen-bond acceptors (Lipinski definition) is 2. The van der Waals surface area contributed by atoms with E-state index in [4.69, 9.17) is 5.73 Å². The van der Waals surface area contributed by atoms with E-state index < -0.39 is 0 Å². The largest absolute Gasteiger partial charge is 0.398 e. The van der Waals surface area contributed by atoms with E-state index in [1.165, 1.54) is 0 Å². The Balaban J connectivity index is 3.03. The number of rotatable bonds is 2. The number of anilines is 1. The molecular formula is C8H6INO. The van der Waals surface area contributed by atoms with Crippen molar-refractivity contribution in [3.05, 3.63) is 29.8 Å². The molecule has 0 heterocycles. The Morgan fingerprint density at radius 2 is 2.18 bits per heavy atom. The third-order valence-electron chi connectivity index (χ3n) is 1.26. The van der Waals surface area contributed by atoms with Gasteiger partial charge in [-0.2, -0.15) is 0 Å². The molecule has 1 rings (SSSR count). The third-order valence-corrected chi connectivity index (χ3v) is 1.95. The number of halogens is 1. The van der Waals surface area contributed by atoms with Crippen LogP contribution in [0.2, 0.25) is 0 Å². The molecule has 1 aromatic rings. The van der Waals surface area contributed by atoms with Crippen molar-refractivity contribution in [3.8, 4) is 0 Å². The Bertz CT molecular complexity index is 273. The molecule has 2 N–H and O–H groups in total. The van der Waals surface area contributed by atoms with Crippen LogP contribution in [0, 0.1) is 12.1 Å². The molecule has 0 fully saturated rings. The van der Waals surface area contributed by atoms with Gasteiger partial charge in [-0.05, 0) is 0 Å². The SMILES string of the molecule is Nc1cc#ccc1C(=O)CI. The van der Waals surface area contributed by atoms with Gasteiger partial charge in [0, 0.05) is 12.1 Å². The van der Waals surface area contributed by atoms with E-state index in [-0.39, 0.29) is 5.78 Å². The molecule has 0 unspecified atom stereocenters. The summed E-state index contributed by atoms with van der Waals surface area (Å²) >= 11 is 2.00. The summed E-state index contributed by atoms with van der Waals surface area (Å²) in [7, 11) is 0. The van der Waals surface area contributed by atoms with Gasteiger partial charge in [-0.25, -0.2) is 0 Å². The number of carbonyl (C=O) groups is 1. The van der Waals surface area contributed by atoms with Gasteiger partial charge in [0.1, 0.15) is 0 Å². The monoisotopic (exact) mass is 259 g/mol. The zero-order valence-electron chi connectivity index (χ0n) is 5.73. The Kier molecular flexibility index (Phi) is 2.71. The summed E-state index contributed by atoms with van der Waals surface area (Å²) in [5.74, 6) is 0.0355. The number of Topliss-reactive ketones (excluding diaryl/α,β-unsaturated/α-hetero) is 1. The predicted molar refractivity (Wildman–Crippen MR) is 51.7 cm³/mol. The highest BCUT2D eigenvalue weighted by Crippen LogP contribution is 2.09. The van der Waals surface area contributed by atoms with Gasteiger partial charge in [-0.1, -0.05) is 34.7 Å². The van der Waals surface area contributed by atoms with Crippen molar-refractivity contribution in [3.63, 3.8) is 0 Å². The lowest BCUT2D eigenvalue weighted by atomic mass is 10.1. The van der Waals surface area contributed by atoms with E-state index >= 15 is 0 Å². The van der Waals surface area contributed by atoms with Gasteiger partial charge in [0.15, 0.2) is 5.78 Å². The smallest absolute Gasteiger partial charge is 0.175 e. The summed E-state index contributed by atoms with van der Waals surface area (Å²) in [6.07, 6.45) is 0. The second-order valence-corrected chi connectivity index (χ2v) is 2.77. The van der Waals surface area contributed by atoms with Crippen LogP contribution in [0.1, 0.15) is 10.4 Å². The quantitative estimate of drug-likeness (QED) is 0.496. The summed E-state index contributed by atoms with van der Waals surface area (Å²) in [6.45, 7) is 0. The molecule has 2 nitrogen and oxygen atoms in total. The zero-order chi connectivity index (χ0) is 8.27. The molecule has 0 spiro atoms. The molecule has 0 saturated heterocycles. The minimum Gasteiger partial charge on any atom is -0.398 e. The first-order chi connectivity index (χ1) is 5.25. The first-order valence-electron chi connectivity index (χ1n) is 3.02. The normalized spacial score (nSPS) is 8.82. The van der Waals surface area contributed by atoms with Crippen molar-refractivity contribution in [2.75, 3.05) is 10.2 Å². The second kappa shape index (κ2) is 3.58. The van der Waals surface area contributed by atoms with Crippen LogP contribution in [-0.4, -0.2) is 10.2 Å². The van der Waals surface area contributed by atoms with E-state index in [0.717, 1.165) is 0 Å². The Hall–Kier alpha value is -0.760. The fourth-order valence-corrected chi connectivity index (χ4v) is 1.12. The van der Waals surface area contributed by atoms with Crippen molar-refractivity contribution in [1.82, 2.24) is 0 Å². The molecular weight excluding hydrogens is 253 g/mol. The van der Waals surface area contributed by atoms with Crippen LogP contribution < -0.4 is 5.73 Å². The van der Waals surface area contributed by atoms with Crippen molar-refractivity contribution in [1.29, 1.82) is 0 Å². The molecule has 0 saturated carbocycles. The number of ketones is 1. The van der Waals surface area contributed by atoms with Crippen molar-refractivity contribution < 1.29 is 4.79 Å². The maximum absolute atomic E-state index is 11.1. The lowest BCUT2D eigenvalue weighted by Gasteiger charge is -1.97. The van der Waals surface area contributed by atoms with Gasteiger partial charge < -0.3 is 5.73 Å². The fourth-order valence-electron chi connectivity index (χ4n) is 0.708. The third kappa shape index (κ3) is 1.84. The molecule has 0 aliphatic heterocycles. The first kappa shape index (κ1) is 8.34. The molecule has 0 aromatic heterocycles. The molecule has 0 bridgehead atoms. The average molecular weight is 259 g/mol. The van der Waals surface area contributed by atoms with Gasteiger partial charge in [-0.3, -0.25) is 4.79 Å². The van der Waals surface area contributed by atoms with E-state index in [1.807, 2.05) is 22.6 Å². The summed E-state index contributed by atoms with van der Waals surface area (Å²) in [4.78, 5) is 11.1. The van der Waals surface area contributed by atoms with Crippen LogP contribution in [0.4, 0.5) is 5.69 Å². The number of alkyl halides is 1. The van der Waals surface area contributed by atoms with E-state index in [1.54, 1.807) is 12.1 Å². The Morgan fingerprint density at radius 1 is 1.55 bits per heavy atom. The van der Waals surface area contributed by atoms with Crippen LogP contribution in [0.5, 0.6) is 0 Å². The van der Waals surface area contributed by atoms with E-state index in [9.17, 15) is 4.79 Å². The van der Waals surface area contributed by atoms with Crippen molar-refractivity contribution in [2.45, 2.75) is 0 Å². The average Bonchev–Trinajstić information content (AvgIpc) is 2.04. The lowest BCUT2D eigenvalue weighted by molar-refractivity contribution is 0.102. The standard InChI is InChI=1S/C8H6INO/c9-5-8(11)6-3-1-2-4-7(6)10/h3-4H,5,10H2. The predicted octanol–water partition coefficient (Wildman–Crippen LogP) is 1.49. The molecule has 3 heteroatoms.